The molecule has 6 aromatic rings. The second-order valence-electron chi connectivity index (χ2n) is 18.4. The van der Waals surface area contributed by atoms with Crippen LogP contribution in [0.15, 0.2) is 102 Å². The van der Waals surface area contributed by atoms with Gasteiger partial charge in [-0.1, -0.05) is 76.2 Å². The van der Waals surface area contributed by atoms with Crippen molar-refractivity contribution < 1.29 is 37.4 Å². The lowest BCUT2D eigenvalue weighted by Crippen LogP contribution is -2.52. The summed E-state index contributed by atoms with van der Waals surface area (Å²) in [5.74, 6) is 0.864. The number of rotatable bonds is 16. The summed E-state index contributed by atoms with van der Waals surface area (Å²) in [5, 5.41) is 15.7. The predicted octanol–water partition coefficient (Wildman–Crippen LogP) is 7.24. The average molecular weight is 960 g/mol. The molecule has 364 valence electrons. The number of aliphatic hydroxyl groups excluding tert-OH is 1. The monoisotopic (exact) mass is 959 g/mol. The minimum Gasteiger partial charge on any atom is -0.453 e. The summed E-state index contributed by atoms with van der Waals surface area (Å²) in [5.41, 5.74) is 7.83. The Morgan fingerprint density at radius 1 is 0.681 bits per heavy atom. The molecule has 0 aliphatic carbocycles. The van der Waals surface area contributed by atoms with E-state index in [1.165, 1.54) is 20.5 Å². The van der Waals surface area contributed by atoms with E-state index in [1.807, 2.05) is 105 Å². The normalized spacial score (nSPS) is 17.7. The van der Waals surface area contributed by atoms with Gasteiger partial charge in [0.05, 0.1) is 65.3 Å². The molecule has 18 heteroatoms. The molecular weight excluding hydrogens is 899 g/mol. The maximum Gasteiger partial charge on any atom is 0.407 e. The number of ether oxygens (including phenoxy) is 2. The van der Waals surface area contributed by atoms with E-state index in [-0.39, 0.29) is 40.6 Å². The number of sulfone groups is 1. The second-order valence-corrected chi connectivity index (χ2v) is 20.5. The van der Waals surface area contributed by atoms with Gasteiger partial charge in [0.1, 0.15) is 17.7 Å². The summed E-state index contributed by atoms with van der Waals surface area (Å²) in [6.07, 6.45) is 5.99. The number of aromatic nitrogens is 5. The number of benzene rings is 3. The highest BCUT2D eigenvalue weighted by Gasteiger charge is 2.39. The molecule has 0 radical (unpaired) electrons. The zero-order chi connectivity index (χ0) is 49.1. The van der Waals surface area contributed by atoms with Gasteiger partial charge in [-0.25, -0.2) is 23.2 Å². The molecule has 69 heavy (non-hydrogen) atoms. The number of aliphatic hydroxyl groups is 1. The molecule has 5 N–H and O–H groups in total. The molecule has 0 bridgehead atoms. The molecule has 2 aliphatic rings. The van der Waals surface area contributed by atoms with Crippen molar-refractivity contribution in [2.45, 2.75) is 88.9 Å². The first-order chi connectivity index (χ1) is 33.1. The molecule has 0 saturated carbocycles. The van der Waals surface area contributed by atoms with E-state index < -0.39 is 34.4 Å². The Kier molecular flexibility index (Phi) is 14.5. The summed E-state index contributed by atoms with van der Waals surface area (Å²) in [6.45, 7) is 8.77. The summed E-state index contributed by atoms with van der Waals surface area (Å²) in [4.78, 5) is 59.8. The lowest BCUT2D eigenvalue weighted by molar-refractivity contribution is -0.145. The second kappa shape index (κ2) is 20.6. The van der Waals surface area contributed by atoms with Crippen LogP contribution in [0.25, 0.3) is 50.7 Å². The van der Waals surface area contributed by atoms with E-state index in [1.54, 1.807) is 29.4 Å². The van der Waals surface area contributed by atoms with Crippen molar-refractivity contribution in [1.82, 2.24) is 44.9 Å². The van der Waals surface area contributed by atoms with Crippen LogP contribution in [0.3, 0.4) is 0 Å². The number of methoxy groups -OCH3 is 2. The Labute approximate surface area is 402 Å². The van der Waals surface area contributed by atoms with Crippen LogP contribution in [0.4, 0.5) is 4.79 Å². The molecule has 2 aliphatic heterocycles. The van der Waals surface area contributed by atoms with Crippen molar-refractivity contribution in [3.8, 4) is 50.7 Å². The standard InChI is InChI=1S/C51H61N9O8S/c1-30(2)44(56-50(63)67-5)48(61)58-26-8-10-42(58)46-52-28-38(54-46)32-12-16-34(17-13-32)40-24-25-41(60(40)36-20-22-37(23-21-36)69(7,65)66)35-18-14-33(15-19-35)39-29-53-47(55-39)43-11-9-27-59(43)49(62)45(31(3)4)57-51(64)68-6/h12-25,28-31,42-45,50,56,63H,8-11,26-27H2,1-7H3,(H,52,54)(H,53,55)(H,57,64). The topological polar surface area (TPSA) is 217 Å². The summed E-state index contributed by atoms with van der Waals surface area (Å²) >= 11 is 0. The summed E-state index contributed by atoms with van der Waals surface area (Å²) in [6, 6.07) is 25.3. The Morgan fingerprint density at radius 3 is 1.55 bits per heavy atom. The number of hydrogen-bond acceptors (Lipinski definition) is 11. The molecule has 5 atom stereocenters. The Morgan fingerprint density at radius 2 is 1.13 bits per heavy atom. The highest BCUT2D eigenvalue weighted by atomic mass is 32.2. The number of alkyl carbamates (subject to hydrolysis) is 1. The summed E-state index contributed by atoms with van der Waals surface area (Å²) in [7, 11) is -0.769. The van der Waals surface area contributed by atoms with Crippen molar-refractivity contribution in [3.63, 3.8) is 0 Å². The quantitative estimate of drug-likeness (QED) is 0.0610. The van der Waals surface area contributed by atoms with E-state index in [0.29, 0.717) is 24.7 Å². The third-order valence-corrected chi connectivity index (χ3v) is 14.3. The fourth-order valence-electron chi connectivity index (χ4n) is 9.41. The third kappa shape index (κ3) is 10.4. The SMILES string of the molecule is COC(=O)NC(C(=O)N1CCCC1c1ncc(-c2ccc(-c3ccc(-c4ccc(-c5cnc(C6CCCN6C(=O)C(NC(O)OC)C(C)C)[nH]5)cc4)n3-c3ccc(S(C)(=O)=O)cc3)cc2)[nH]1)C(C)C. The predicted molar refractivity (Wildman–Crippen MR) is 261 cm³/mol. The number of carbonyl (C=O) groups excluding carboxylic acids is 3. The number of amides is 3. The van der Waals surface area contributed by atoms with E-state index >= 15 is 0 Å². The van der Waals surface area contributed by atoms with Gasteiger partial charge in [-0.2, -0.15) is 0 Å². The molecule has 3 amide bonds. The summed E-state index contributed by atoms with van der Waals surface area (Å²) < 4.78 is 36.8. The number of hydrogen-bond donors (Lipinski definition) is 5. The van der Waals surface area contributed by atoms with Crippen LogP contribution < -0.4 is 10.6 Å². The molecule has 8 rings (SSSR count). The molecule has 5 unspecified atom stereocenters. The van der Waals surface area contributed by atoms with Crippen LogP contribution in [-0.2, 0) is 28.9 Å². The van der Waals surface area contributed by atoms with Gasteiger partial charge in [0.25, 0.3) is 0 Å². The molecule has 17 nitrogen and oxygen atoms in total. The third-order valence-electron chi connectivity index (χ3n) is 13.2. The van der Waals surface area contributed by atoms with Crippen LogP contribution in [0.5, 0.6) is 0 Å². The first-order valence-corrected chi connectivity index (χ1v) is 25.2. The lowest BCUT2D eigenvalue weighted by atomic mass is 10.0. The smallest absolute Gasteiger partial charge is 0.407 e. The van der Waals surface area contributed by atoms with E-state index in [4.69, 9.17) is 19.4 Å². The maximum absolute atomic E-state index is 13.8. The lowest BCUT2D eigenvalue weighted by Gasteiger charge is -2.31. The van der Waals surface area contributed by atoms with Crippen LogP contribution in [0.2, 0.25) is 0 Å². The van der Waals surface area contributed by atoms with E-state index in [0.717, 1.165) is 76.4 Å². The fourth-order valence-corrected chi connectivity index (χ4v) is 10.0. The number of carbonyl (C=O) groups is 3. The largest absolute Gasteiger partial charge is 0.453 e. The molecule has 3 aromatic carbocycles. The van der Waals surface area contributed by atoms with Crippen molar-refractivity contribution in [3.05, 3.63) is 109 Å². The molecule has 5 heterocycles. The molecule has 3 aromatic heterocycles. The average Bonchev–Trinajstić information content (AvgIpc) is 4.21. The van der Waals surface area contributed by atoms with Crippen LogP contribution in [0, 0.1) is 11.8 Å². The van der Waals surface area contributed by atoms with Gasteiger partial charge in [0.2, 0.25) is 18.2 Å². The highest BCUT2D eigenvalue weighted by Crippen LogP contribution is 2.37. The minimum atomic E-state index is -3.42. The van der Waals surface area contributed by atoms with Gasteiger partial charge >= 0.3 is 6.09 Å². The van der Waals surface area contributed by atoms with Crippen molar-refractivity contribution >= 4 is 27.7 Å². The fraction of sp³-hybridized carbons (Fsp3) is 0.392. The Hall–Kier alpha value is -6.60. The Bertz CT molecular complexity index is 2870. The van der Waals surface area contributed by atoms with Crippen molar-refractivity contribution in [2.24, 2.45) is 11.8 Å². The number of likely N-dealkylation sites (tertiary alicyclic amines) is 2. The van der Waals surface area contributed by atoms with Gasteiger partial charge in [-0.3, -0.25) is 14.9 Å². The molecular formula is C51H61N9O8S. The van der Waals surface area contributed by atoms with Gasteiger partial charge < -0.3 is 44.2 Å². The van der Waals surface area contributed by atoms with E-state index in [9.17, 15) is 27.9 Å². The van der Waals surface area contributed by atoms with Crippen LogP contribution in [0.1, 0.15) is 77.1 Å². The molecule has 0 spiro atoms. The molecule has 2 fully saturated rings. The van der Waals surface area contributed by atoms with E-state index in [2.05, 4.69) is 25.2 Å². The first kappa shape index (κ1) is 48.8. The van der Waals surface area contributed by atoms with Crippen LogP contribution >= 0.6 is 0 Å². The van der Waals surface area contributed by atoms with Crippen molar-refractivity contribution in [2.75, 3.05) is 33.6 Å². The number of nitrogens with zero attached hydrogens (tertiary/aromatic N) is 5. The number of imidazole rings is 2. The minimum absolute atomic E-state index is 0.0829. The zero-order valence-electron chi connectivity index (χ0n) is 40.0. The van der Waals surface area contributed by atoms with Gasteiger partial charge in [0, 0.05) is 32.1 Å². The number of H-pyrrole nitrogens is 2. The Balaban J connectivity index is 1.04. The zero-order valence-corrected chi connectivity index (χ0v) is 40.8. The first-order valence-electron chi connectivity index (χ1n) is 23.3. The van der Waals surface area contributed by atoms with Gasteiger partial charge in [-0.05, 0) is 96.2 Å². The van der Waals surface area contributed by atoms with Gasteiger partial charge in [-0.15, -0.1) is 0 Å². The number of aromatic amines is 2. The highest BCUT2D eigenvalue weighted by molar-refractivity contribution is 7.90. The maximum atomic E-state index is 13.8. The van der Waals surface area contributed by atoms with Gasteiger partial charge in [0.15, 0.2) is 9.84 Å². The van der Waals surface area contributed by atoms with Crippen molar-refractivity contribution in [1.29, 1.82) is 0 Å². The number of nitrogens with one attached hydrogen (secondary N) is 4. The molecule has 2 saturated heterocycles. The van der Waals surface area contributed by atoms with Crippen LogP contribution in [-0.4, -0.2) is 118 Å².